The molecule has 7 nitrogen and oxygen atoms in total. The van der Waals surface area contributed by atoms with Gasteiger partial charge in [-0.05, 0) is 15.9 Å². The van der Waals surface area contributed by atoms with Crippen molar-refractivity contribution in [2.24, 2.45) is 0 Å². The summed E-state index contributed by atoms with van der Waals surface area (Å²) in [4.78, 5) is 10.8. The monoisotopic (exact) mass is 313 g/mol. The molecule has 0 amide bonds. The number of hydrogen-bond acceptors (Lipinski definition) is 6. The number of hydrogen-bond donors (Lipinski definition) is 1. The first-order valence-electron chi connectivity index (χ1n) is 5.63. The van der Waals surface area contributed by atoms with Crippen molar-refractivity contribution in [1.29, 1.82) is 0 Å². The van der Waals surface area contributed by atoms with E-state index in [2.05, 4.69) is 35.9 Å². The zero-order valence-corrected chi connectivity index (χ0v) is 11.2. The maximum absolute atomic E-state index is 9.11. The number of nitrogens with zero attached hydrogens (tertiary/aromatic N) is 5. The van der Waals surface area contributed by atoms with Gasteiger partial charge in [0.2, 0.25) is 0 Å². The Morgan fingerprint density at radius 3 is 2.83 bits per heavy atom. The van der Waals surface area contributed by atoms with Gasteiger partial charge in [0.05, 0.1) is 19.4 Å². The Bertz CT molecular complexity index is 567. The summed E-state index contributed by atoms with van der Waals surface area (Å²) in [5.74, 6) is 1.16. The Balaban J connectivity index is 2.10. The molecule has 0 aromatic carbocycles. The van der Waals surface area contributed by atoms with Crippen molar-refractivity contribution in [3.05, 3.63) is 16.6 Å². The van der Waals surface area contributed by atoms with Crippen LogP contribution >= 0.6 is 15.9 Å². The number of aliphatic hydroxyl groups is 1. The molecular formula is C10H12BrN5O2. The summed E-state index contributed by atoms with van der Waals surface area (Å²) in [5.41, 5.74) is 0.657. The van der Waals surface area contributed by atoms with Gasteiger partial charge in [0, 0.05) is 13.1 Å². The SMILES string of the molecule is OCc1nc2c(N3CCOCC3)nc(Br)cn2n1. The van der Waals surface area contributed by atoms with Crippen molar-refractivity contribution >= 4 is 27.4 Å². The van der Waals surface area contributed by atoms with Gasteiger partial charge in [-0.2, -0.15) is 0 Å². The first-order valence-corrected chi connectivity index (χ1v) is 6.42. The van der Waals surface area contributed by atoms with Crippen molar-refractivity contribution in [3.63, 3.8) is 0 Å². The van der Waals surface area contributed by atoms with Crippen LogP contribution in [0.5, 0.6) is 0 Å². The lowest BCUT2D eigenvalue weighted by Gasteiger charge is -2.27. The van der Waals surface area contributed by atoms with E-state index in [1.807, 2.05) is 0 Å². The van der Waals surface area contributed by atoms with Gasteiger partial charge in [-0.1, -0.05) is 0 Å². The topological polar surface area (TPSA) is 75.8 Å². The number of aliphatic hydroxyl groups excluding tert-OH is 1. The number of rotatable bonds is 2. The van der Waals surface area contributed by atoms with E-state index in [0.717, 1.165) is 18.9 Å². The zero-order chi connectivity index (χ0) is 12.5. The minimum atomic E-state index is -0.179. The third kappa shape index (κ3) is 2.06. The number of anilines is 1. The highest BCUT2D eigenvalue weighted by molar-refractivity contribution is 9.10. The summed E-state index contributed by atoms with van der Waals surface area (Å²) in [5, 5.41) is 13.3. The highest BCUT2D eigenvalue weighted by Crippen LogP contribution is 2.21. The van der Waals surface area contributed by atoms with Crippen LogP contribution in [0, 0.1) is 0 Å². The summed E-state index contributed by atoms with van der Waals surface area (Å²) in [6, 6.07) is 0. The highest BCUT2D eigenvalue weighted by atomic mass is 79.9. The first kappa shape index (κ1) is 11.8. The van der Waals surface area contributed by atoms with Crippen molar-refractivity contribution < 1.29 is 9.84 Å². The normalized spacial score (nSPS) is 16.4. The van der Waals surface area contributed by atoms with Crippen LogP contribution in [0.4, 0.5) is 5.82 Å². The Kier molecular flexibility index (Phi) is 3.14. The van der Waals surface area contributed by atoms with Gasteiger partial charge in [0.15, 0.2) is 17.3 Å². The fraction of sp³-hybridized carbons (Fsp3) is 0.500. The average Bonchev–Trinajstić information content (AvgIpc) is 2.81. The average molecular weight is 314 g/mol. The van der Waals surface area contributed by atoms with Gasteiger partial charge < -0.3 is 14.7 Å². The molecule has 1 fully saturated rings. The van der Waals surface area contributed by atoms with Crippen LogP contribution in [0.1, 0.15) is 5.82 Å². The van der Waals surface area contributed by atoms with Gasteiger partial charge in [-0.3, -0.25) is 0 Å². The maximum atomic E-state index is 9.11. The van der Waals surface area contributed by atoms with Gasteiger partial charge in [0.25, 0.3) is 0 Å². The fourth-order valence-electron chi connectivity index (χ4n) is 1.95. The van der Waals surface area contributed by atoms with Crippen molar-refractivity contribution in [2.45, 2.75) is 6.61 Å². The van der Waals surface area contributed by atoms with E-state index < -0.39 is 0 Å². The van der Waals surface area contributed by atoms with Gasteiger partial charge in [0.1, 0.15) is 11.2 Å². The molecule has 0 unspecified atom stereocenters. The molecule has 2 aromatic heterocycles. The molecule has 2 aromatic rings. The van der Waals surface area contributed by atoms with Crippen LogP contribution in [-0.4, -0.2) is 51.0 Å². The van der Waals surface area contributed by atoms with Crippen molar-refractivity contribution in [2.75, 3.05) is 31.2 Å². The molecular weight excluding hydrogens is 302 g/mol. The molecule has 8 heteroatoms. The Morgan fingerprint density at radius 2 is 2.11 bits per heavy atom. The molecule has 0 atom stereocenters. The van der Waals surface area contributed by atoms with Crippen LogP contribution < -0.4 is 4.90 Å². The standard InChI is InChI=1S/C10H12BrN5O2/c11-7-5-16-10(13-8(6-17)14-16)9(12-7)15-1-3-18-4-2-15/h5,17H,1-4,6H2. The molecule has 0 saturated carbocycles. The van der Waals surface area contributed by atoms with Crippen LogP contribution in [0.15, 0.2) is 10.8 Å². The number of ether oxygens (including phenoxy) is 1. The summed E-state index contributed by atoms with van der Waals surface area (Å²) in [6.45, 7) is 2.74. The van der Waals surface area contributed by atoms with Crippen LogP contribution in [0.2, 0.25) is 0 Å². The molecule has 96 valence electrons. The minimum Gasteiger partial charge on any atom is -0.388 e. The Morgan fingerprint density at radius 1 is 1.33 bits per heavy atom. The lowest BCUT2D eigenvalue weighted by atomic mass is 10.4. The second-order valence-corrected chi connectivity index (χ2v) is 4.75. The Hall–Kier alpha value is -1.25. The number of aromatic nitrogens is 4. The van der Waals surface area contributed by atoms with Crippen molar-refractivity contribution in [1.82, 2.24) is 19.6 Å². The number of halogens is 1. The van der Waals surface area contributed by atoms with E-state index in [1.165, 1.54) is 0 Å². The molecule has 1 saturated heterocycles. The third-order valence-corrected chi connectivity index (χ3v) is 3.15. The second kappa shape index (κ2) is 4.79. The first-order chi connectivity index (χ1) is 8.78. The Labute approximate surface area is 112 Å². The van der Waals surface area contributed by atoms with Crippen LogP contribution in [-0.2, 0) is 11.3 Å². The molecule has 3 rings (SSSR count). The maximum Gasteiger partial charge on any atom is 0.198 e. The van der Waals surface area contributed by atoms with Gasteiger partial charge in [-0.15, -0.1) is 5.10 Å². The second-order valence-electron chi connectivity index (χ2n) is 3.94. The molecule has 1 aliphatic rings. The molecule has 1 aliphatic heterocycles. The molecule has 0 spiro atoms. The summed E-state index contributed by atoms with van der Waals surface area (Å²) < 4.78 is 7.64. The van der Waals surface area contributed by atoms with E-state index in [9.17, 15) is 0 Å². The molecule has 3 heterocycles. The van der Waals surface area contributed by atoms with E-state index in [4.69, 9.17) is 9.84 Å². The van der Waals surface area contributed by atoms with E-state index in [1.54, 1.807) is 10.7 Å². The lowest BCUT2D eigenvalue weighted by Crippen LogP contribution is -2.37. The highest BCUT2D eigenvalue weighted by Gasteiger charge is 2.18. The largest absolute Gasteiger partial charge is 0.388 e. The summed E-state index contributed by atoms with van der Waals surface area (Å²) in [6.07, 6.45) is 1.73. The van der Waals surface area contributed by atoms with E-state index in [-0.39, 0.29) is 6.61 Å². The third-order valence-electron chi connectivity index (χ3n) is 2.77. The fourth-order valence-corrected chi connectivity index (χ4v) is 2.31. The van der Waals surface area contributed by atoms with Crippen LogP contribution in [0.25, 0.3) is 5.65 Å². The molecule has 0 aliphatic carbocycles. The molecule has 0 radical (unpaired) electrons. The zero-order valence-electron chi connectivity index (χ0n) is 9.58. The smallest absolute Gasteiger partial charge is 0.198 e. The summed E-state index contributed by atoms with van der Waals surface area (Å²) in [7, 11) is 0. The van der Waals surface area contributed by atoms with Crippen LogP contribution in [0.3, 0.4) is 0 Å². The number of morpholine rings is 1. The van der Waals surface area contributed by atoms with E-state index in [0.29, 0.717) is 29.3 Å². The van der Waals surface area contributed by atoms with Gasteiger partial charge >= 0.3 is 0 Å². The lowest BCUT2D eigenvalue weighted by molar-refractivity contribution is 0.122. The van der Waals surface area contributed by atoms with Gasteiger partial charge in [-0.25, -0.2) is 14.5 Å². The minimum absolute atomic E-state index is 0.179. The van der Waals surface area contributed by atoms with Crippen molar-refractivity contribution in [3.8, 4) is 0 Å². The molecule has 1 N–H and O–H groups in total. The predicted octanol–water partition coefficient (Wildman–Crippen LogP) is 0.216. The number of fused-ring (bicyclic) bond motifs is 1. The van der Waals surface area contributed by atoms with E-state index >= 15 is 0 Å². The predicted molar refractivity (Wildman–Crippen MR) is 67.4 cm³/mol. The molecule has 0 bridgehead atoms. The summed E-state index contributed by atoms with van der Waals surface area (Å²) >= 11 is 3.36. The quantitative estimate of drug-likeness (QED) is 0.854. The molecule has 18 heavy (non-hydrogen) atoms.